The van der Waals surface area contributed by atoms with Crippen LogP contribution in [0.2, 0.25) is 0 Å². The molecular weight excluding hydrogens is 516 g/mol. The van der Waals surface area contributed by atoms with E-state index in [1.165, 1.54) is 51.9 Å². The Morgan fingerprint density at radius 2 is 1.61 bits per heavy atom. The van der Waals surface area contributed by atoms with E-state index in [1.54, 1.807) is 5.57 Å². The third-order valence-electron chi connectivity index (χ3n) is 12.1. The van der Waals surface area contributed by atoms with E-state index in [1.807, 2.05) is 0 Å². The van der Waals surface area contributed by atoms with Crippen molar-refractivity contribution < 1.29 is 30.3 Å². The number of aliphatic hydroxyl groups is 5. The first-order chi connectivity index (χ1) is 19.2. The largest absolute Gasteiger partial charge is 0.393 e. The summed E-state index contributed by atoms with van der Waals surface area (Å²) in [6.07, 6.45) is 13.2. The highest BCUT2D eigenvalue weighted by molar-refractivity contribution is 5.56. The summed E-state index contributed by atoms with van der Waals surface area (Å²) < 4.78 is 0. The van der Waals surface area contributed by atoms with Crippen LogP contribution >= 0.6 is 0 Å². The van der Waals surface area contributed by atoms with Gasteiger partial charge in [0.1, 0.15) is 18.3 Å². The average Bonchev–Trinajstić information content (AvgIpc) is 3.29. The topological polar surface area (TPSA) is 118 Å². The number of rotatable bonds is 9. The zero-order valence-electron chi connectivity index (χ0n) is 26.7. The SMILES string of the molecule is CC[C@H](/C=C/[C@@H](C)[C@H]1CC[C@H]2[C@@H]3CC=C4C[C@@H](O)CC[C@]4(C)[C@H]3CC[C@]12C)C(C)C.C[C@H](O)[C@H](O)[C@@H](O)[C@@H](O)C=O. The summed E-state index contributed by atoms with van der Waals surface area (Å²) >= 11 is 0. The summed E-state index contributed by atoms with van der Waals surface area (Å²) in [6.45, 7) is 16.0. The number of aliphatic hydroxyl groups excluding tert-OH is 5. The van der Waals surface area contributed by atoms with E-state index in [0.717, 1.165) is 48.3 Å². The highest BCUT2D eigenvalue weighted by Gasteiger charge is 2.59. The van der Waals surface area contributed by atoms with E-state index in [2.05, 4.69) is 59.8 Å². The lowest BCUT2D eigenvalue weighted by Crippen LogP contribution is -2.50. The minimum atomic E-state index is -1.65. The van der Waals surface area contributed by atoms with Gasteiger partial charge in [0.05, 0.1) is 12.2 Å². The second-order valence-electron chi connectivity index (χ2n) is 14.8. The van der Waals surface area contributed by atoms with Crippen molar-refractivity contribution in [3.05, 3.63) is 23.8 Å². The van der Waals surface area contributed by atoms with Crippen LogP contribution in [0.25, 0.3) is 0 Å². The van der Waals surface area contributed by atoms with Crippen molar-refractivity contribution in [3.8, 4) is 0 Å². The van der Waals surface area contributed by atoms with E-state index < -0.39 is 24.4 Å². The highest BCUT2D eigenvalue weighted by Crippen LogP contribution is 2.67. The molecule has 3 fully saturated rings. The Bertz CT molecular complexity index is 912. The summed E-state index contributed by atoms with van der Waals surface area (Å²) in [5.41, 5.74) is 2.51. The van der Waals surface area contributed by atoms with Gasteiger partial charge < -0.3 is 30.3 Å². The zero-order valence-corrected chi connectivity index (χ0v) is 26.7. The lowest BCUT2D eigenvalue weighted by atomic mass is 9.47. The predicted octanol–water partition coefficient (Wildman–Crippen LogP) is 5.45. The molecule has 5 N–H and O–H groups in total. The molecule has 13 atom stereocenters. The molecule has 0 radical (unpaired) electrons. The Morgan fingerprint density at radius 3 is 2.20 bits per heavy atom. The standard InChI is InChI=1S/C29H48O.C6H12O5/c1-7-21(19(2)3)9-8-20(4)25-12-13-26-24-11-10-22-18-23(30)14-16-28(22,5)27(24)15-17-29(25,26)6;1-3(8)5(10)6(11)4(9)2-7/h8-10,19-21,23-27,30H,7,11-18H2,1-6H3;2-6,8-11H,1H3/b9-8+;/t20-,21-,23+,24+,25-,26+,27+,28+,29-;3-,4-,5-,6-/m10/s1. The molecule has 0 aromatic rings. The Hall–Kier alpha value is -1.05. The molecule has 0 aromatic carbocycles. The van der Waals surface area contributed by atoms with Crippen LogP contribution in [-0.4, -0.2) is 62.3 Å². The van der Waals surface area contributed by atoms with E-state index >= 15 is 0 Å². The van der Waals surface area contributed by atoms with Gasteiger partial charge in [-0.15, -0.1) is 0 Å². The molecule has 3 saturated carbocycles. The molecule has 41 heavy (non-hydrogen) atoms. The lowest BCUT2D eigenvalue weighted by molar-refractivity contribution is -0.132. The van der Waals surface area contributed by atoms with Crippen LogP contribution < -0.4 is 0 Å². The van der Waals surface area contributed by atoms with E-state index in [-0.39, 0.29) is 12.4 Å². The molecule has 0 bridgehead atoms. The zero-order chi connectivity index (χ0) is 30.7. The molecule has 0 unspecified atom stereocenters. The number of carbonyl (C=O) groups excluding carboxylic acids is 1. The summed E-state index contributed by atoms with van der Waals surface area (Å²) in [5, 5.41) is 45.3. The Balaban J connectivity index is 0.000000358. The van der Waals surface area contributed by atoms with Gasteiger partial charge in [0.15, 0.2) is 6.29 Å². The molecule has 0 aromatic heterocycles. The quantitative estimate of drug-likeness (QED) is 0.184. The van der Waals surface area contributed by atoms with Gasteiger partial charge >= 0.3 is 0 Å². The molecule has 4 aliphatic carbocycles. The van der Waals surface area contributed by atoms with E-state index in [4.69, 9.17) is 20.4 Å². The van der Waals surface area contributed by atoms with Crippen molar-refractivity contribution in [2.75, 3.05) is 0 Å². The van der Waals surface area contributed by atoms with Crippen molar-refractivity contribution in [3.63, 3.8) is 0 Å². The molecule has 4 rings (SSSR count). The maximum atomic E-state index is 10.2. The first-order valence-corrected chi connectivity index (χ1v) is 16.4. The minimum Gasteiger partial charge on any atom is -0.393 e. The third kappa shape index (κ3) is 7.20. The average molecular weight is 577 g/mol. The lowest BCUT2D eigenvalue weighted by Gasteiger charge is -2.58. The van der Waals surface area contributed by atoms with Gasteiger partial charge in [0.2, 0.25) is 0 Å². The van der Waals surface area contributed by atoms with Gasteiger partial charge in [0.25, 0.3) is 0 Å². The molecule has 0 heterocycles. The molecule has 236 valence electrons. The summed E-state index contributed by atoms with van der Waals surface area (Å²) in [4.78, 5) is 9.87. The molecule has 0 aliphatic heterocycles. The summed E-state index contributed by atoms with van der Waals surface area (Å²) in [7, 11) is 0. The number of allylic oxidation sites excluding steroid dienone is 3. The van der Waals surface area contributed by atoms with Gasteiger partial charge in [-0.05, 0) is 117 Å². The third-order valence-corrected chi connectivity index (χ3v) is 12.1. The fraction of sp³-hybridized carbons (Fsp3) is 0.857. The maximum Gasteiger partial charge on any atom is 0.151 e. The smallest absolute Gasteiger partial charge is 0.151 e. The van der Waals surface area contributed by atoms with Crippen LogP contribution in [0.15, 0.2) is 23.8 Å². The van der Waals surface area contributed by atoms with Crippen molar-refractivity contribution >= 4 is 6.29 Å². The Labute approximate surface area is 249 Å². The van der Waals surface area contributed by atoms with Gasteiger partial charge in [-0.2, -0.15) is 0 Å². The fourth-order valence-corrected chi connectivity index (χ4v) is 9.40. The summed E-state index contributed by atoms with van der Waals surface area (Å²) in [6, 6.07) is 0. The highest BCUT2D eigenvalue weighted by atomic mass is 16.4. The van der Waals surface area contributed by atoms with E-state index in [0.29, 0.717) is 16.7 Å². The second-order valence-corrected chi connectivity index (χ2v) is 14.8. The van der Waals surface area contributed by atoms with Crippen molar-refractivity contribution in [2.24, 2.45) is 52.3 Å². The van der Waals surface area contributed by atoms with Gasteiger partial charge in [-0.3, -0.25) is 0 Å². The Morgan fingerprint density at radius 1 is 0.927 bits per heavy atom. The maximum absolute atomic E-state index is 10.2. The van der Waals surface area contributed by atoms with Crippen LogP contribution in [0.5, 0.6) is 0 Å². The number of fused-ring (bicyclic) bond motifs is 5. The summed E-state index contributed by atoms with van der Waals surface area (Å²) in [5.74, 6) is 5.70. The molecule has 0 spiro atoms. The monoisotopic (exact) mass is 576 g/mol. The number of hydrogen-bond acceptors (Lipinski definition) is 6. The van der Waals surface area contributed by atoms with Gasteiger partial charge in [-0.25, -0.2) is 0 Å². The van der Waals surface area contributed by atoms with Crippen LogP contribution in [0.1, 0.15) is 106 Å². The molecule has 0 saturated heterocycles. The second kappa shape index (κ2) is 14.2. The minimum absolute atomic E-state index is 0.0870. The number of aldehydes is 1. The predicted molar refractivity (Wildman–Crippen MR) is 164 cm³/mol. The fourth-order valence-electron chi connectivity index (χ4n) is 9.40. The van der Waals surface area contributed by atoms with Gasteiger partial charge in [-0.1, -0.05) is 65.3 Å². The van der Waals surface area contributed by atoms with Gasteiger partial charge in [0, 0.05) is 0 Å². The normalized spacial score (nSPS) is 39.2. The van der Waals surface area contributed by atoms with E-state index in [9.17, 15) is 9.90 Å². The van der Waals surface area contributed by atoms with Crippen molar-refractivity contribution in [2.45, 2.75) is 137 Å². The van der Waals surface area contributed by atoms with Crippen LogP contribution in [-0.2, 0) is 4.79 Å². The van der Waals surface area contributed by atoms with Crippen LogP contribution in [0.3, 0.4) is 0 Å². The molecule has 4 aliphatic rings. The molecular formula is C35H60O6. The first-order valence-electron chi connectivity index (χ1n) is 16.4. The number of hydrogen-bond donors (Lipinski definition) is 5. The first kappa shape index (κ1) is 34.4. The van der Waals surface area contributed by atoms with Crippen molar-refractivity contribution in [1.82, 2.24) is 0 Å². The van der Waals surface area contributed by atoms with Crippen LogP contribution in [0, 0.1) is 52.3 Å². The molecule has 0 amide bonds. The Kier molecular flexibility index (Phi) is 11.9. The number of carbonyl (C=O) groups is 1. The van der Waals surface area contributed by atoms with Crippen LogP contribution in [0.4, 0.5) is 0 Å². The van der Waals surface area contributed by atoms with Crippen molar-refractivity contribution in [1.29, 1.82) is 0 Å². The molecule has 6 heteroatoms. The molecule has 6 nitrogen and oxygen atoms in total.